The van der Waals surface area contributed by atoms with Crippen LogP contribution in [-0.4, -0.2) is 21.0 Å². The molecule has 0 amide bonds. The lowest BCUT2D eigenvalue weighted by Crippen LogP contribution is -2.16. The Kier molecular flexibility index (Phi) is 5.12. The Bertz CT molecular complexity index is 1220. The third-order valence-electron chi connectivity index (χ3n) is 5.54. The highest BCUT2D eigenvalue weighted by molar-refractivity contribution is 7.17. The standard InChI is InChI=1S/C24H21N5S/c25-15-17-7-5-16(6-8-17)13-20-14-18(9-11-26-20)23-28-21-10-12-30-22(21)24(29-23)27-19-3-1-2-4-19/h5-12,14,19H,1-4,13H2,(H,27,28,29). The van der Waals surface area contributed by atoms with E-state index in [4.69, 9.17) is 15.2 Å². The summed E-state index contributed by atoms with van der Waals surface area (Å²) >= 11 is 1.69. The molecule has 5 nitrogen and oxygen atoms in total. The van der Waals surface area contributed by atoms with Gasteiger partial charge in [-0.2, -0.15) is 5.26 Å². The summed E-state index contributed by atoms with van der Waals surface area (Å²) in [5.41, 5.74) is 4.69. The molecular weight excluding hydrogens is 390 g/mol. The second kappa shape index (κ2) is 8.21. The lowest BCUT2D eigenvalue weighted by atomic mass is 10.1. The normalized spacial score (nSPS) is 14.1. The monoisotopic (exact) mass is 411 g/mol. The van der Waals surface area contributed by atoms with Crippen molar-refractivity contribution in [1.29, 1.82) is 5.26 Å². The van der Waals surface area contributed by atoms with Crippen molar-refractivity contribution in [3.63, 3.8) is 0 Å². The number of nitriles is 1. The topological polar surface area (TPSA) is 74.5 Å². The number of benzene rings is 1. The number of nitrogens with one attached hydrogen (secondary N) is 1. The van der Waals surface area contributed by atoms with Crippen molar-refractivity contribution >= 4 is 27.4 Å². The first-order valence-electron chi connectivity index (χ1n) is 10.2. The van der Waals surface area contributed by atoms with Gasteiger partial charge < -0.3 is 5.32 Å². The summed E-state index contributed by atoms with van der Waals surface area (Å²) in [7, 11) is 0. The molecule has 0 unspecified atom stereocenters. The van der Waals surface area contributed by atoms with Gasteiger partial charge in [-0.25, -0.2) is 9.97 Å². The fourth-order valence-electron chi connectivity index (χ4n) is 3.97. The van der Waals surface area contributed by atoms with Crippen molar-refractivity contribution in [3.8, 4) is 17.5 Å². The summed E-state index contributed by atoms with van der Waals surface area (Å²) in [6.45, 7) is 0. The van der Waals surface area contributed by atoms with Crippen LogP contribution in [0.2, 0.25) is 0 Å². The number of pyridine rings is 1. The molecular formula is C24H21N5S. The molecule has 0 saturated heterocycles. The molecule has 4 aromatic rings. The van der Waals surface area contributed by atoms with Gasteiger partial charge in [0.05, 0.1) is 21.8 Å². The molecule has 0 atom stereocenters. The zero-order valence-corrected chi connectivity index (χ0v) is 17.3. The van der Waals surface area contributed by atoms with Gasteiger partial charge in [-0.15, -0.1) is 11.3 Å². The molecule has 1 N–H and O–H groups in total. The zero-order valence-electron chi connectivity index (χ0n) is 16.5. The van der Waals surface area contributed by atoms with E-state index in [1.54, 1.807) is 11.3 Å². The van der Waals surface area contributed by atoms with Crippen molar-refractivity contribution < 1.29 is 0 Å². The average molecular weight is 412 g/mol. The molecule has 1 aliphatic carbocycles. The van der Waals surface area contributed by atoms with Gasteiger partial charge in [0.1, 0.15) is 5.82 Å². The molecule has 3 heterocycles. The Morgan fingerprint density at radius 1 is 1.07 bits per heavy atom. The van der Waals surface area contributed by atoms with E-state index in [0.29, 0.717) is 18.0 Å². The molecule has 3 aromatic heterocycles. The third kappa shape index (κ3) is 3.89. The van der Waals surface area contributed by atoms with E-state index in [2.05, 4.69) is 33.9 Å². The maximum Gasteiger partial charge on any atom is 0.162 e. The van der Waals surface area contributed by atoms with Gasteiger partial charge in [0.2, 0.25) is 0 Å². The summed E-state index contributed by atoms with van der Waals surface area (Å²) in [6.07, 6.45) is 7.50. The first-order valence-corrected chi connectivity index (χ1v) is 11.1. The lowest BCUT2D eigenvalue weighted by Gasteiger charge is -2.14. The molecule has 0 radical (unpaired) electrons. The highest BCUT2D eigenvalue weighted by Gasteiger charge is 2.18. The number of thiophene rings is 1. The van der Waals surface area contributed by atoms with Crippen LogP contribution in [0.5, 0.6) is 0 Å². The quantitative estimate of drug-likeness (QED) is 0.465. The molecule has 30 heavy (non-hydrogen) atoms. The van der Waals surface area contributed by atoms with Crippen molar-refractivity contribution in [2.45, 2.75) is 38.1 Å². The number of rotatable bonds is 5. The van der Waals surface area contributed by atoms with E-state index >= 15 is 0 Å². The van der Waals surface area contributed by atoms with Gasteiger partial charge in [-0.1, -0.05) is 25.0 Å². The molecule has 0 bridgehead atoms. The number of anilines is 1. The van der Waals surface area contributed by atoms with Crippen molar-refractivity contribution in [2.24, 2.45) is 0 Å². The van der Waals surface area contributed by atoms with Crippen molar-refractivity contribution in [3.05, 3.63) is 70.9 Å². The number of hydrogen-bond donors (Lipinski definition) is 1. The number of fused-ring (bicyclic) bond motifs is 1. The Morgan fingerprint density at radius 2 is 1.90 bits per heavy atom. The van der Waals surface area contributed by atoms with Crippen molar-refractivity contribution in [2.75, 3.05) is 5.32 Å². The molecule has 1 aliphatic rings. The summed E-state index contributed by atoms with van der Waals surface area (Å²) in [6, 6.07) is 16.4. The predicted molar refractivity (Wildman–Crippen MR) is 120 cm³/mol. The molecule has 0 aliphatic heterocycles. The lowest BCUT2D eigenvalue weighted by molar-refractivity contribution is 0.752. The second-order valence-electron chi connectivity index (χ2n) is 7.68. The molecule has 0 spiro atoms. The minimum absolute atomic E-state index is 0.502. The largest absolute Gasteiger partial charge is 0.366 e. The minimum Gasteiger partial charge on any atom is -0.366 e. The van der Waals surface area contributed by atoms with Crippen LogP contribution in [0.1, 0.15) is 42.5 Å². The number of nitrogens with zero attached hydrogens (tertiary/aromatic N) is 4. The smallest absolute Gasteiger partial charge is 0.162 e. The van der Waals surface area contributed by atoms with Crippen LogP contribution in [0.4, 0.5) is 5.82 Å². The Labute approximate surface area is 179 Å². The van der Waals surface area contributed by atoms with Gasteiger partial charge in [0.25, 0.3) is 0 Å². The van der Waals surface area contributed by atoms with Gasteiger partial charge in [0.15, 0.2) is 5.82 Å². The average Bonchev–Trinajstić information content (AvgIpc) is 3.46. The number of aromatic nitrogens is 3. The highest BCUT2D eigenvalue weighted by Crippen LogP contribution is 2.31. The summed E-state index contributed by atoms with van der Waals surface area (Å²) < 4.78 is 1.12. The minimum atomic E-state index is 0.502. The van der Waals surface area contributed by atoms with Crippen LogP contribution < -0.4 is 5.32 Å². The van der Waals surface area contributed by atoms with Gasteiger partial charge >= 0.3 is 0 Å². The molecule has 1 fully saturated rings. The van der Waals surface area contributed by atoms with E-state index in [1.807, 2.05) is 36.5 Å². The Hall–Kier alpha value is -3.30. The van der Waals surface area contributed by atoms with E-state index in [0.717, 1.165) is 38.7 Å². The summed E-state index contributed by atoms with van der Waals surface area (Å²) in [5, 5.41) is 14.7. The fraction of sp³-hybridized carbons (Fsp3) is 0.250. The van der Waals surface area contributed by atoms with E-state index in [9.17, 15) is 0 Å². The molecule has 6 heteroatoms. The van der Waals surface area contributed by atoms with Gasteiger partial charge in [-0.3, -0.25) is 4.98 Å². The second-order valence-corrected chi connectivity index (χ2v) is 8.59. The van der Waals surface area contributed by atoms with E-state index < -0.39 is 0 Å². The Balaban J connectivity index is 1.46. The van der Waals surface area contributed by atoms with Gasteiger partial charge in [-0.05, 0) is 54.1 Å². The highest BCUT2D eigenvalue weighted by atomic mass is 32.1. The first-order chi connectivity index (χ1) is 14.8. The maximum atomic E-state index is 8.97. The molecule has 1 saturated carbocycles. The fourth-order valence-corrected chi connectivity index (χ4v) is 4.76. The molecule has 5 rings (SSSR count). The van der Waals surface area contributed by atoms with E-state index in [1.165, 1.54) is 25.7 Å². The SMILES string of the molecule is N#Cc1ccc(Cc2cc(-c3nc(NC4CCCC4)c4sccc4n3)ccn2)cc1. The predicted octanol–water partition coefficient (Wildman–Crippen LogP) is 5.57. The first kappa shape index (κ1) is 18.7. The van der Waals surface area contributed by atoms with E-state index in [-0.39, 0.29) is 0 Å². The van der Waals surface area contributed by atoms with Crippen LogP contribution in [0.25, 0.3) is 21.6 Å². The summed E-state index contributed by atoms with van der Waals surface area (Å²) in [4.78, 5) is 14.2. The van der Waals surface area contributed by atoms with Crippen LogP contribution in [0.3, 0.4) is 0 Å². The molecule has 148 valence electrons. The van der Waals surface area contributed by atoms with Crippen LogP contribution in [-0.2, 0) is 6.42 Å². The zero-order chi connectivity index (χ0) is 20.3. The summed E-state index contributed by atoms with van der Waals surface area (Å²) in [5.74, 6) is 1.67. The van der Waals surface area contributed by atoms with Crippen LogP contribution in [0.15, 0.2) is 54.0 Å². The molecule has 1 aromatic carbocycles. The van der Waals surface area contributed by atoms with Crippen LogP contribution in [0, 0.1) is 11.3 Å². The van der Waals surface area contributed by atoms with Crippen molar-refractivity contribution in [1.82, 2.24) is 15.0 Å². The number of hydrogen-bond acceptors (Lipinski definition) is 6. The van der Waals surface area contributed by atoms with Crippen LogP contribution >= 0.6 is 11.3 Å². The maximum absolute atomic E-state index is 8.97. The van der Waals surface area contributed by atoms with Gasteiger partial charge in [0, 0.05) is 29.9 Å². The third-order valence-corrected chi connectivity index (χ3v) is 6.45. The Morgan fingerprint density at radius 3 is 2.70 bits per heavy atom.